The van der Waals surface area contributed by atoms with Gasteiger partial charge in [0.05, 0.1) is 6.10 Å². The maximum absolute atomic E-state index is 14.9. The molecular formula is C43H68N6O14. The third-order valence-electron chi connectivity index (χ3n) is 11.8. The number of esters is 1. The minimum atomic E-state index is -1.99. The quantitative estimate of drug-likeness (QED) is 0.0297. The molecule has 1 aromatic carbocycles. The van der Waals surface area contributed by atoms with Gasteiger partial charge in [0, 0.05) is 32.0 Å². The molecule has 354 valence electrons. The van der Waals surface area contributed by atoms with Crippen molar-refractivity contribution in [2.75, 3.05) is 13.1 Å². The van der Waals surface area contributed by atoms with Gasteiger partial charge in [-0.05, 0) is 74.5 Å². The topological polar surface area (TPSA) is 326 Å². The molecule has 12 N–H and O–H groups in total. The van der Waals surface area contributed by atoms with Gasteiger partial charge in [0.2, 0.25) is 17.7 Å². The van der Waals surface area contributed by atoms with Crippen LogP contribution in [0.2, 0.25) is 0 Å². The molecule has 3 aliphatic rings. The van der Waals surface area contributed by atoms with E-state index in [0.717, 1.165) is 25.7 Å². The summed E-state index contributed by atoms with van der Waals surface area (Å²) >= 11 is 0. The summed E-state index contributed by atoms with van der Waals surface area (Å²) in [7, 11) is 0. The van der Waals surface area contributed by atoms with Gasteiger partial charge in [-0.15, -0.1) is 0 Å². The zero-order valence-electron chi connectivity index (χ0n) is 36.4. The number of nitrogens with zero attached hydrogens (tertiary/aromatic N) is 2. The van der Waals surface area contributed by atoms with E-state index in [9.17, 15) is 54.6 Å². The van der Waals surface area contributed by atoms with Crippen molar-refractivity contribution in [3.05, 3.63) is 29.8 Å². The second-order valence-corrected chi connectivity index (χ2v) is 17.3. The van der Waals surface area contributed by atoms with E-state index in [-0.39, 0.29) is 62.7 Å². The number of aliphatic hydroxyl groups excluding tert-OH is 4. The molecule has 20 heteroatoms. The number of ether oxygens (including phenoxy) is 3. The maximum Gasteiger partial charge on any atom is 0.335 e. The Kier molecular flexibility index (Phi) is 19.8. The number of amides is 3. The number of hydrogen-bond acceptors (Lipinski definition) is 14. The predicted octanol–water partition coefficient (Wildman–Crippen LogP) is -0.0745. The Labute approximate surface area is 367 Å². The summed E-state index contributed by atoms with van der Waals surface area (Å²) in [5, 5.41) is 67.8. The zero-order valence-corrected chi connectivity index (χ0v) is 36.4. The lowest BCUT2D eigenvalue weighted by atomic mass is 9.80. The standard InChI is InChI=1S/C43H68N6O14/c1-4-5-6-7-8-11-33(52)61-31-21-25-20-29(38(56)46-16-9-10-17-47-43(44)45)49(28(25)22-32(31)62-42-36(55)34(53)35(54)37(63-42)41(59)60)40(58)27(18-23(2)3)48-39(57)30(51)19-24-12-14-26(50)15-13-24/h12-15,23,25,27-32,34-37,42,50-51,53-55H,4-11,16-22H2,1-3H3,(H,46,56)(H,48,57)(H,59,60)(H4,44,45,47). The molecule has 2 heterocycles. The highest BCUT2D eigenvalue weighted by molar-refractivity contribution is 5.93. The van der Waals surface area contributed by atoms with Crippen molar-refractivity contribution in [1.82, 2.24) is 15.5 Å². The van der Waals surface area contributed by atoms with Gasteiger partial charge in [-0.3, -0.25) is 24.2 Å². The van der Waals surface area contributed by atoms with Crippen LogP contribution in [0.15, 0.2) is 29.3 Å². The Morgan fingerprint density at radius 1 is 0.921 bits per heavy atom. The molecule has 1 aliphatic carbocycles. The van der Waals surface area contributed by atoms with Crippen molar-refractivity contribution in [3.63, 3.8) is 0 Å². The molecule has 3 amide bonds. The van der Waals surface area contributed by atoms with Crippen molar-refractivity contribution in [2.24, 2.45) is 28.3 Å². The molecule has 20 nitrogen and oxygen atoms in total. The normalized spacial score (nSPS) is 27.8. The number of nitrogens with two attached hydrogens (primary N) is 2. The Morgan fingerprint density at radius 2 is 1.62 bits per heavy atom. The highest BCUT2D eigenvalue weighted by atomic mass is 16.7. The number of carboxylic acids is 1. The summed E-state index contributed by atoms with van der Waals surface area (Å²) in [6, 6.07) is 2.88. The number of benzene rings is 1. The highest BCUT2D eigenvalue weighted by Gasteiger charge is 2.55. The first-order chi connectivity index (χ1) is 29.9. The summed E-state index contributed by atoms with van der Waals surface area (Å²) in [6.07, 6.45) is -7.81. The summed E-state index contributed by atoms with van der Waals surface area (Å²) in [5.41, 5.74) is 11.4. The minimum absolute atomic E-state index is 0.00895. The van der Waals surface area contributed by atoms with Crippen molar-refractivity contribution in [2.45, 2.75) is 171 Å². The van der Waals surface area contributed by atoms with E-state index in [2.05, 4.69) is 22.5 Å². The number of carbonyl (C=O) groups excluding carboxylic acids is 4. The SMILES string of the molecule is CCCCCCCC(=O)OC1CC2CC(C(=O)NCCCCN=C(N)N)N(C(=O)C(CC(C)C)NC(=O)C(O)Cc3ccc(O)cc3)C2CC1OC1OC(C(=O)O)C(O)C(O)C1O. The molecule has 0 radical (unpaired) electrons. The number of aromatic hydroxyl groups is 1. The largest absolute Gasteiger partial charge is 0.508 e. The number of rotatable bonds is 23. The summed E-state index contributed by atoms with van der Waals surface area (Å²) in [4.78, 5) is 73.2. The van der Waals surface area contributed by atoms with Crippen molar-refractivity contribution in [3.8, 4) is 5.75 Å². The molecule has 0 bridgehead atoms. The minimum Gasteiger partial charge on any atom is -0.508 e. The highest BCUT2D eigenvalue weighted by Crippen LogP contribution is 2.43. The van der Waals surface area contributed by atoms with Gasteiger partial charge in [0.25, 0.3) is 0 Å². The summed E-state index contributed by atoms with van der Waals surface area (Å²) in [5.74, 6) is -4.73. The van der Waals surface area contributed by atoms with Crippen molar-refractivity contribution < 1.29 is 68.8 Å². The molecule has 63 heavy (non-hydrogen) atoms. The molecule has 4 rings (SSSR count). The first-order valence-corrected chi connectivity index (χ1v) is 22.1. The van der Waals surface area contributed by atoms with Gasteiger partial charge in [-0.1, -0.05) is 58.6 Å². The van der Waals surface area contributed by atoms with Crippen LogP contribution in [0.5, 0.6) is 5.75 Å². The van der Waals surface area contributed by atoms with Crippen LogP contribution in [0, 0.1) is 11.8 Å². The van der Waals surface area contributed by atoms with Gasteiger partial charge >= 0.3 is 11.9 Å². The third kappa shape index (κ3) is 14.7. The fraction of sp³-hybridized carbons (Fsp3) is 0.721. The average Bonchev–Trinajstić information content (AvgIpc) is 3.60. The molecule has 1 saturated carbocycles. The van der Waals surface area contributed by atoms with Gasteiger partial charge in [0.1, 0.15) is 48.4 Å². The van der Waals surface area contributed by atoms with Gasteiger partial charge in [0.15, 0.2) is 18.4 Å². The fourth-order valence-electron chi connectivity index (χ4n) is 8.53. The monoisotopic (exact) mass is 892 g/mol. The van der Waals surface area contributed by atoms with E-state index in [1.165, 1.54) is 17.0 Å². The number of likely N-dealkylation sites (tertiary alicyclic amines) is 1. The van der Waals surface area contributed by atoms with Crippen LogP contribution in [0.4, 0.5) is 0 Å². The molecule has 2 aliphatic heterocycles. The number of hydrogen-bond donors (Lipinski definition) is 10. The number of carboxylic acid groups (broad SMARTS) is 1. The van der Waals surface area contributed by atoms with Crippen LogP contribution in [0.1, 0.15) is 103 Å². The number of aliphatic hydroxyl groups is 4. The number of unbranched alkanes of at least 4 members (excludes halogenated alkanes) is 5. The number of aliphatic carboxylic acids is 1. The second kappa shape index (κ2) is 24.5. The van der Waals surface area contributed by atoms with E-state index in [0.29, 0.717) is 31.4 Å². The van der Waals surface area contributed by atoms with Gasteiger partial charge in [-0.25, -0.2) is 4.79 Å². The number of aliphatic imine (C=N–C) groups is 1. The van der Waals surface area contributed by atoms with Crippen LogP contribution in [0.25, 0.3) is 0 Å². The molecule has 0 spiro atoms. The van der Waals surface area contributed by atoms with Crippen molar-refractivity contribution >= 4 is 35.6 Å². The first kappa shape index (κ1) is 51.0. The molecule has 3 fully saturated rings. The van der Waals surface area contributed by atoms with E-state index < -0.39 is 103 Å². The van der Waals surface area contributed by atoms with Crippen LogP contribution < -0.4 is 22.1 Å². The number of carbonyl (C=O) groups is 5. The Balaban J connectivity index is 1.65. The number of phenols is 1. The Morgan fingerprint density at radius 3 is 2.27 bits per heavy atom. The molecule has 0 aromatic heterocycles. The molecular weight excluding hydrogens is 825 g/mol. The predicted molar refractivity (Wildman–Crippen MR) is 226 cm³/mol. The van der Waals surface area contributed by atoms with Gasteiger partial charge < -0.3 is 71.9 Å². The summed E-state index contributed by atoms with van der Waals surface area (Å²) in [6.45, 7) is 6.33. The first-order valence-electron chi connectivity index (χ1n) is 22.1. The Hall–Kier alpha value is -4.60. The van der Waals surface area contributed by atoms with Crippen LogP contribution in [0.3, 0.4) is 0 Å². The zero-order chi connectivity index (χ0) is 46.4. The summed E-state index contributed by atoms with van der Waals surface area (Å²) < 4.78 is 17.6. The van der Waals surface area contributed by atoms with Crippen LogP contribution in [-0.2, 0) is 44.6 Å². The number of fused-ring (bicyclic) bond motifs is 1. The van der Waals surface area contributed by atoms with E-state index >= 15 is 0 Å². The van der Waals surface area contributed by atoms with Crippen LogP contribution >= 0.6 is 0 Å². The third-order valence-corrected chi connectivity index (χ3v) is 11.8. The molecule has 2 saturated heterocycles. The lowest BCUT2D eigenvalue weighted by molar-refractivity contribution is -0.314. The Bertz CT molecular complexity index is 1700. The fourth-order valence-corrected chi connectivity index (χ4v) is 8.53. The smallest absolute Gasteiger partial charge is 0.335 e. The molecule has 12 atom stereocenters. The van der Waals surface area contributed by atoms with Crippen molar-refractivity contribution in [1.29, 1.82) is 0 Å². The maximum atomic E-state index is 14.9. The second-order valence-electron chi connectivity index (χ2n) is 17.3. The molecule has 1 aromatic rings. The van der Waals surface area contributed by atoms with Crippen LogP contribution in [-0.4, -0.2) is 151 Å². The van der Waals surface area contributed by atoms with E-state index in [1.54, 1.807) is 12.1 Å². The number of phenolic OH excluding ortho intramolecular Hbond substituents is 1. The number of guanidine groups is 1. The molecule has 12 unspecified atom stereocenters. The lowest BCUT2D eigenvalue weighted by Gasteiger charge is -2.45. The average molecular weight is 893 g/mol. The van der Waals surface area contributed by atoms with E-state index in [4.69, 9.17) is 25.7 Å². The lowest BCUT2D eigenvalue weighted by Crippen LogP contribution is -2.62. The van der Waals surface area contributed by atoms with E-state index in [1.807, 2.05) is 13.8 Å². The van der Waals surface area contributed by atoms with Gasteiger partial charge in [-0.2, -0.15) is 0 Å². The number of nitrogens with one attached hydrogen (secondary N) is 2.